The summed E-state index contributed by atoms with van der Waals surface area (Å²) < 4.78 is 0. The monoisotopic (exact) mass is 254 g/mol. The van der Waals surface area contributed by atoms with Crippen LogP contribution in [0, 0.1) is 0 Å². The van der Waals surface area contributed by atoms with Crippen LogP contribution in [-0.4, -0.2) is 4.98 Å². The minimum absolute atomic E-state index is 0.662. The molecule has 0 saturated heterocycles. The number of fused-ring (bicyclic) bond motifs is 1. The number of aromatic nitrogens is 1. The van der Waals surface area contributed by atoms with Gasteiger partial charge in [-0.05, 0) is 48.9 Å². The fraction of sp³-hybridized carbons (Fsp3) is 0.267. The number of pyridine rings is 1. The molecule has 1 aliphatic rings. The molecule has 0 spiro atoms. The number of benzene rings is 1. The van der Waals surface area contributed by atoms with Gasteiger partial charge in [0.1, 0.15) is 5.82 Å². The molecule has 1 aromatic carbocycles. The largest absolute Gasteiger partial charge is 0.355 e. The number of hydrogen-bond acceptors (Lipinski definition) is 4. The van der Waals surface area contributed by atoms with E-state index >= 15 is 0 Å². The van der Waals surface area contributed by atoms with Crippen LogP contribution in [0.1, 0.15) is 24.0 Å². The minimum atomic E-state index is 0.662. The number of anilines is 3. The topological polar surface area (TPSA) is 63.0 Å². The smallest absolute Gasteiger partial charge is 0.141 e. The van der Waals surface area contributed by atoms with Crippen LogP contribution in [0.4, 0.5) is 17.2 Å². The summed E-state index contributed by atoms with van der Waals surface area (Å²) in [5.74, 6) is 6.04. The Labute approximate surface area is 113 Å². The third kappa shape index (κ3) is 2.53. The molecule has 0 amide bonds. The summed E-state index contributed by atoms with van der Waals surface area (Å²) >= 11 is 0. The molecule has 4 heteroatoms. The SMILES string of the molecule is NNc1cc(Nc2cccc3c2CCCC3)ccn1. The lowest BCUT2D eigenvalue weighted by Crippen LogP contribution is -2.09. The van der Waals surface area contributed by atoms with E-state index in [1.165, 1.54) is 36.1 Å². The van der Waals surface area contributed by atoms with Gasteiger partial charge in [0.2, 0.25) is 0 Å². The molecule has 4 nitrogen and oxygen atoms in total. The van der Waals surface area contributed by atoms with Crippen LogP contribution in [0.25, 0.3) is 0 Å². The van der Waals surface area contributed by atoms with Crippen LogP contribution in [-0.2, 0) is 12.8 Å². The van der Waals surface area contributed by atoms with Crippen LogP contribution in [0.3, 0.4) is 0 Å². The third-order valence-electron chi connectivity index (χ3n) is 3.58. The summed E-state index contributed by atoms with van der Waals surface area (Å²) in [5.41, 5.74) is 7.69. The molecule has 19 heavy (non-hydrogen) atoms. The Morgan fingerprint density at radius 3 is 2.89 bits per heavy atom. The Morgan fingerprint density at radius 2 is 2.00 bits per heavy atom. The highest BCUT2D eigenvalue weighted by molar-refractivity contribution is 5.66. The number of nitrogens with zero attached hydrogens (tertiary/aromatic N) is 1. The van der Waals surface area contributed by atoms with Gasteiger partial charge in [-0.25, -0.2) is 10.8 Å². The standard InChI is InChI=1S/C15H18N4/c16-19-15-10-12(8-9-17-15)18-14-7-3-5-11-4-1-2-6-13(11)14/h3,5,7-10H,1-2,4,6,16H2,(H2,17,18,19). The molecule has 1 aromatic heterocycles. The van der Waals surface area contributed by atoms with E-state index in [9.17, 15) is 0 Å². The second kappa shape index (κ2) is 5.28. The Morgan fingerprint density at radius 1 is 1.11 bits per heavy atom. The second-order valence-corrected chi connectivity index (χ2v) is 4.85. The van der Waals surface area contributed by atoms with E-state index in [2.05, 4.69) is 33.9 Å². The second-order valence-electron chi connectivity index (χ2n) is 4.85. The molecule has 2 aromatic rings. The summed E-state index contributed by atoms with van der Waals surface area (Å²) in [4.78, 5) is 4.11. The molecule has 3 rings (SSSR count). The Bertz CT molecular complexity index is 580. The fourth-order valence-corrected chi connectivity index (χ4v) is 2.64. The highest BCUT2D eigenvalue weighted by Crippen LogP contribution is 2.30. The van der Waals surface area contributed by atoms with Gasteiger partial charge in [-0.3, -0.25) is 0 Å². The lowest BCUT2D eigenvalue weighted by molar-refractivity contribution is 0.687. The molecule has 0 unspecified atom stereocenters. The van der Waals surface area contributed by atoms with Crippen LogP contribution in [0.15, 0.2) is 36.5 Å². The van der Waals surface area contributed by atoms with Crippen molar-refractivity contribution in [1.29, 1.82) is 0 Å². The van der Waals surface area contributed by atoms with E-state index in [1.807, 2.05) is 12.1 Å². The molecule has 0 saturated carbocycles. The first-order valence-corrected chi connectivity index (χ1v) is 6.67. The number of nitrogen functional groups attached to an aromatic ring is 1. The molecule has 0 radical (unpaired) electrons. The predicted octanol–water partition coefficient (Wildman–Crippen LogP) is 2.99. The van der Waals surface area contributed by atoms with Gasteiger partial charge in [0.15, 0.2) is 0 Å². The number of nitrogens with one attached hydrogen (secondary N) is 2. The molecular weight excluding hydrogens is 236 g/mol. The van der Waals surface area contributed by atoms with Gasteiger partial charge in [-0.15, -0.1) is 0 Å². The van der Waals surface area contributed by atoms with Crippen LogP contribution < -0.4 is 16.6 Å². The molecular formula is C15H18N4. The Kier molecular flexibility index (Phi) is 3.33. The number of hydrazine groups is 1. The fourth-order valence-electron chi connectivity index (χ4n) is 2.64. The lowest BCUT2D eigenvalue weighted by Gasteiger charge is -2.20. The van der Waals surface area contributed by atoms with Crippen molar-refractivity contribution in [1.82, 2.24) is 4.98 Å². The predicted molar refractivity (Wildman–Crippen MR) is 78.4 cm³/mol. The van der Waals surface area contributed by atoms with Gasteiger partial charge in [0.05, 0.1) is 0 Å². The van der Waals surface area contributed by atoms with Crippen molar-refractivity contribution in [3.8, 4) is 0 Å². The zero-order valence-corrected chi connectivity index (χ0v) is 10.8. The van der Waals surface area contributed by atoms with Gasteiger partial charge in [-0.1, -0.05) is 12.1 Å². The van der Waals surface area contributed by atoms with Crippen molar-refractivity contribution < 1.29 is 0 Å². The van der Waals surface area contributed by atoms with E-state index in [0.717, 1.165) is 12.1 Å². The number of hydrogen-bond donors (Lipinski definition) is 3. The van der Waals surface area contributed by atoms with Crippen LogP contribution in [0.5, 0.6) is 0 Å². The average molecular weight is 254 g/mol. The Hall–Kier alpha value is -2.07. The third-order valence-corrected chi connectivity index (χ3v) is 3.58. The van der Waals surface area contributed by atoms with Gasteiger partial charge in [-0.2, -0.15) is 0 Å². The number of nitrogens with two attached hydrogens (primary N) is 1. The van der Waals surface area contributed by atoms with Gasteiger partial charge < -0.3 is 10.7 Å². The highest BCUT2D eigenvalue weighted by atomic mass is 15.2. The highest BCUT2D eigenvalue weighted by Gasteiger charge is 2.12. The quantitative estimate of drug-likeness (QED) is 0.582. The average Bonchev–Trinajstić information content (AvgIpc) is 2.48. The van der Waals surface area contributed by atoms with Crippen molar-refractivity contribution in [2.24, 2.45) is 5.84 Å². The first-order chi connectivity index (χ1) is 9.36. The molecule has 1 aliphatic carbocycles. The van der Waals surface area contributed by atoms with Crippen LogP contribution >= 0.6 is 0 Å². The summed E-state index contributed by atoms with van der Waals surface area (Å²) in [6, 6.07) is 10.3. The minimum Gasteiger partial charge on any atom is -0.355 e. The first-order valence-electron chi connectivity index (χ1n) is 6.67. The zero-order chi connectivity index (χ0) is 13.1. The van der Waals surface area contributed by atoms with Gasteiger partial charge in [0, 0.05) is 23.6 Å². The van der Waals surface area contributed by atoms with Gasteiger partial charge in [0.25, 0.3) is 0 Å². The van der Waals surface area contributed by atoms with E-state index in [0.29, 0.717) is 5.82 Å². The normalized spacial score (nSPS) is 13.7. The number of aryl methyl sites for hydroxylation is 1. The maximum atomic E-state index is 5.38. The zero-order valence-electron chi connectivity index (χ0n) is 10.8. The molecule has 0 fully saturated rings. The van der Waals surface area contributed by atoms with E-state index < -0.39 is 0 Å². The summed E-state index contributed by atoms with van der Waals surface area (Å²) in [6.07, 6.45) is 6.67. The van der Waals surface area contributed by atoms with Crippen molar-refractivity contribution in [2.45, 2.75) is 25.7 Å². The van der Waals surface area contributed by atoms with E-state index in [-0.39, 0.29) is 0 Å². The molecule has 0 aliphatic heterocycles. The summed E-state index contributed by atoms with van der Waals surface area (Å²) in [6.45, 7) is 0. The molecule has 0 atom stereocenters. The van der Waals surface area contributed by atoms with Crippen LogP contribution in [0.2, 0.25) is 0 Å². The maximum absolute atomic E-state index is 5.38. The summed E-state index contributed by atoms with van der Waals surface area (Å²) in [7, 11) is 0. The number of rotatable bonds is 3. The van der Waals surface area contributed by atoms with E-state index in [4.69, 9.17) is 5.84 Å². The molecule has 1 heterocycles. The van der Waals surface area contributed by atoms with E-state index in [1.54, 1.807) is 6.20 Å². The maximum Gasteiger partial charge on any atom is 0.141 e. The molecule has 0 bridgehead atoms. The summed E-state index contributed by atoms with van der Waals surface area (Å²) in [5, 5.41) is 3.47. The molecule has 98 valence electrons. The lowest BCUT2D eigenvalue weighted by atomic mass is 9.90. The van der Waals surface area contributed by atoms with Gasteiger partial charge >= 0.3 is 0 Å². The molecule has 4 N–H and O–H groups in total. The Balaban J connectivity index is 1.90. The van der Waals surface area contributed by atoms with Crippen molar-refractivity contribution in [2.75, 3.05) is 10.7 Å². The van der Waals surface area contributed by atoms with Crippen molar-refractivity contribution in [3.63, 3.8) is 0 Å². The first kappa shape index (κ1) is 12.0. The van der Waals surface area contributed by atoms with Crippen molar-refractivity contribution >= 4 is 17.2 Å². The van der Waals surface area contributed by atoms with Crippen molar-refractivity contribution in [3.05, 3.63) is 47.7 Å².